The quantitative estimate of drug-likeness (QED) is 0.405. The van der Waals surface area contributed by atoms with Crippen LogP contribution in [-0.4, -0.2) is 0 Å². The molecule has 0 aromatic carbocycles. The van der Waals surface area contributed by atoms with Crippen molar-refractivity contribution in [3.63, 3.8) is 0 Å². The minimum Gasteiger partial charge on any atom is -0.0651 e. The second-order valence-corrected chi connectivity index (χ2v) is 8.70. The second kappa shape index (κ2) is 8.59. The molecule has 126 valence electrons. The Morgan fingerprint density at radius 2 is 1.38 bits per heavy atom. The molecule has 0 aromatic rings. The summed E-state index contributed by atoms with van der Waals surface area (Å²) in [7, 11) is 0. The molecular formula is C21H42. The predicted octanol–water partition coefficient (Wildman–Crippen LogP) is 7.04. The molecule has 0 aliphatic heterocycles. The average Bonchev–Trinajstić information content (AvgIpc) is 3.22. The van der Waals surface area contributed by atoms with Gasteiger partial charge in [-0.2, -0.15) is 0 Å². The van der Waals surface area contributed by atoms with Gasteiger partial charge in [0.05, 0.1) is 0 Å². The van der Waals surface area contributed by atoms with Crippen LogP contribution in [0.4, 0.5) is 0 Å². The topological polar surface area (TPSA) is 0 Å². The summed E-state index contributed by atoms with van der Waals surface area (Å²) in [6, 6.07) is 0. The van der Waals surface area contributed by atoms with Crippen LogP contribution in [0.1, 0.15) is 87.5 Å². The van der Waals surface area contributed by atoms with Gasteiger partial charge in [-0.1, -0.05) is 68.2 Å². The van der Waals surface area contributed by atoms with E-state index in [1.54, 1.807) is 0 Å². The number of hydrogen-bond donors (Lipinski definition) is 0. The van der Waals surface area contributed by atoms with Crippen LogP contribution in [0.25, 0.3) is 0 Å². The van der Waals surface area contributed by atoms with E-state index in [-0.39, 0.29) is 0 Å². The molecule has 0 heteroatoms. The fourth-order valence-electron chi connectivity index (χ4n) is 4.35. The zero-order valence-electron chi connectivity index (χ0n) is 16.2. The molecule has 8 atom stereocenters. The van der Waals surface area contributed by atoms with Crippen molar-refractivity contribution in [2.45, 2.75) is 87.5 Å². The Kier molecular flexibility index (Phi) is 7.79. The Hall–Kier alpha value is 0. The summed E-state index contributed by atoms with van der Waals surface area (Å²) in [6.07, 6.45) is 7.12. The van der Waals surface area contributed by atoms with E-state index in [2.05, 4.69) is 55.4 Å². The van der Waals surface area contributed by atoms with Crippen LogP contribution < -0.4 is 0 Å². The van der Waals surface area contributed by atoms with E-state index >= 15 is 0 Å². The van der Waals surface area contributed by atoms with Crippen LogP contribution in [0.5, 0.6) is 0 Å². The van der Waals surface area contributed by atoms with Gasteiger partial charge < -0.3 is 0 Å². The molecule has 0 nitrogen and oxygen atoms in total. The lowest BCUT2D eigenvalue weighted by Crippen LogP contribution is -2.19. The summed E-state index contributed by atoms with van der Waals surface area (Å²) in [5.41, 5.74) is 0. The van der Waals surface area contributed by atoms with E-state index in [0.717, 1.165) is 47.3 Å². The standard InChI is InChI=1S/C21H42/c1-9-15(4)17(6)11-14(3)12-20-13-21(20)19(8)18(7)16(5)10-2/h14-21H,9-13H2,1-8H3. The maximum atomic E-state index is 2.52. The van der Waals surface area contributed by atoms with Crippen LogP contribution in [0, 0.1) is 47.3 Å². The van der Waals surface area contributed by atoms with Gasteiger partial charge in [0.15, 0.2) is 0 Å². The molecule has 0 bridgehead atoms. The molecule has 1 rings (SSSR count). The molecule has 0 aromatic heterocycles. The van der Waals surface area contributed by atoms with Gasteiger partial charge in [0.25, 0.3) is 0 Å². The van der Waals surface area contributed by atoms with Crippen molar-refractivity contribution in [3.8, 4) is 0 Å². The fourth-order valence-corrected chi connectivity index (χ4v) is 4.35. The van der Waals surface area contributed by atoms with E-state index in [1.165, 1.54) is 32.1 Å². The first-order valence-corrected chi connectivity index (χ1v) is 9.81. The average molecular weight is 295 g/mol. The van der Waals surface area contributed by atoms with Gasteiger partial charge >= 0.3 is 0 Å². The van der Waals surface area contributed by atoms with Gasteiger partial charge in [-0.05, 0) is 66.6 Å². The normalized spacial score (nSPS) is 30.3. The molecule has 1 fully saturated rings. The van der Waals surface area contributed by atoms with E-state index in [4.69, 9.17) is 0 Å². The molecule has 21 heavy (non-hydrogen) atoms. The van der Waals surface area contributed by atoms with Gasteiger partial charge in [-0.25, -0.2) is 0 Å². The molecule has 1 aliphatic rings. The SMILES string of the molecule is CCC(C)C(C)CC(C)CC1CC1C(C)C(C)C(C)CC. The van der Waals surface area contributed by atoms with Gasteiger partial charge in [-0.15, -0.1) is 0 Å². The van der Waals surface area contributed by atoms with Crippen LogP contribution in [0.3, 0.4) is 0 Å². The van der Waals surface area contributed by atoms with Crippen molar-refractivity contribution in [1.82, 2.24) is 0 Å². The smallest absolute Gasteiger partial charge is 0.0354 e. The van der Waals surface area contributed by atoms with E-state index < -0.39 is 0 Å². The first-order chi connectivity index (χ1) is 9.81. The summed E-state index contributed by atoms with van der Waals surface area (Å²) >= 11 is 0. The molecule has 0 amide bonds. The molecule has 0 spiro atoms. The molecular weight excluding hydrogens is 252 g/mol. The Morgan fingerprint density at radius 1 is 0.810 bits per heavy atom. The molecule has 0 N–H and O–H groups in total. The Morgan fingerprint density at radius 3 is 1.90 bits per heavy atom. The third-order valence-corrected chi connectivity index (χ3v) is 7.12. The summed E-state index contributed by atoms with van der Waals surface area (Å²) in [5.74, 6) is 7.54. The van der Waals surface area contributed by atoms with E-state index in [9.17, 15) is 0 Å². The molecule has 8 unspecified atom stereocenters. The number of rotatable bonds is 10. The highest BCUT2D eigenvalue weighted by molar-refractivity contribution is 4.92. The second-order valence-electron chi connectivity index (χ2n) is 8.70. The minimum atomic E-state index is 0.893. The van der Waals surface area contributed by atoms with Crippen molar-refractivity contribution < 1.29 is 0 Å². The van der Waals surface area contributed by atoms with Crippen LogP contribution in [0.2, 0.25) is 0 Å². The summed E-state index contributed by atoms with van der Waals surface area (Å²) < 4.78 is 0. The van der Waals surface area contributed by atoms with Crippen molar-refractivity contribution in [1.29, 1.82) is 0 Å². The fraction of sp³-hybridized carbons (Fsp3) is 1.00. The minimum absolute atomic E-state index is 0.893. The maximum absolute atomic E-state index is 2.52. The van der Waals surface area contributed by atoms with Gasteiger partial charge in [0, 0.05) is 0 Å². The lowest BCUT2D eigenvalue weighted by Gasteiger charge is -2.26. The Balaban J connectivity index is 2.32. The molecule has 1 saturated carbocycles. The first-order valence-electron chi connectivity index (χ1n) is 9.81. The van der Waals surface area contributed by atoms with E-state index in [0.29, 0.717) is 0 Å². The molecule has 0 saturated heterocycles. The number of hydrogen-bond acceptors (Lipinski definition) is 0. The van der Waals surface area contributed by atoms with E-state index in [1.807, 2.05) is 0 Å². The largest absolute Gasteiger partial charge is 0.0651 e. The zero-order chi connectivity index (χ0) is 16.2. The van der Waals surface area contributed by atoms with Crippen molar-refractivity contribution in [2.75, 3.05) is 0 Å². The third-order valence-electron chi connectivity index (χ3n) is 7.12. The van der Waals surface area contributed by atoms with Crippen LogP contribution in [0.15, 0.2) is 0 Å². The Labute approximate surface area is 135 Å². The van der Waals surface area contributed by atoms with Crippen molar-refractivity contribution in [2.24, 2.45) is 47.3 Å². The highest BCUT2D eigenvalue weighted by atomic mass is 14.5. The van der Waals surface area contributed by atoms with Gasteiger partial charge in [-0.3, -0.25) is 0 Å². The molecule has 0 radical (unpaired) electrons. The van der Waals surface area contributed by atoms with Gasteiger partial charge in [0.1, 0.15) is 0 Å². The lowest BCUT2D eigenvalue weighted by atomic mass is 9.79. The summed E-state index contributed by atoms with van der Waals surface area (Å²) in [4.78, 5) is 0. The highest BCUT2D eigenvalue weighted by Crippen LogP contribution is 2.51. The molecule has 0 heterocycles. The molecule has 1 aliphatic carbocycles. The predicted molar refractivity (Wildman–Crippen MR) is 96.4 cm³/mol. The van der Waals surface area contributed by atoms with Crippen molar-refractivity contribution >= 4 is 0 Å². The third kappa shape index (κ3) is 5.61. The van der Waals surface area contributed by atoms with Crippen LogP contribution in [-0.2, 0) is 0 Å². The van der Waals surface area contributed by atoms with Crippen LogP contribution >= 0.6 is 0 Å². The van der Waals surface area contributed by atoms with Gasteiger partial charge in [0.2, 0.25) is 0 Å². The lowest BCUT2D eigenvalue weighted by molar-refractivity contribution is 0.231. The Bertz CT molecular complexity index is 282. The first kappa shape index (κ1) is 19.0. The van der Waals surface area contributed by atoms with Crippen molar-refractivity contribution in [3.05, 3.63) is 0 Å². The summed E-state index contributed by atoms with van der Waals surface area (Å²) in [6.45, 7) is 19.5. The zero-order valence-corrected chi connectivity index (χ0v) is 16.2. The summed E-state index contributed by atoms with van der Waals surface area (Å²) in [5, 5.41) is 0. The monoisotopic (exact) mass is 294 g/mol. The maximum Gasteiger partial charge on any atom is -0.0354 e. The highest BCUT2D eigenvalue weighted by Gasteiger charge is 2.43.